The minimum atomic E-state index is -0.955. The first-order valence-corrected chi connectivity index (χ1v) is 2.22. The van der Waals surface area contributed by atoms with E-state index in [1.54, 1.807) is 13.0 Å². The van der Waals surface area contributed by atoms with Crippen LogP contribution in [0.25, 0.3) is 0 Å². The molecule has 0 atom stereocenters. The molecule has 0 aliphatic heterocycles. The topological polar surface area (TPSA) is 46.5 Å². The largest absolute Gasteiger partial charge is 0.490 e. The molecule has 0 amide bonds. The molecule has 0 aliphatic rings. The zero-order chi connectivity index (χ0) is 6.41. The first-order valence-electron chi connectivity index (χ1n) is 2.22. The maximum atomic E-state index is 9.72. The standard InChI is InChI=1S/C5H8O3/c1-2-3-8-4-5(6)7/h2-3H,4H2,1H3,(H,6,7). The Morgan fingerprint density at radius 2 is 2.50 bits per heavy atom. The van der Waals surface area contributed by atoms with Gasteiger partial charge in [-0.05, 0) is 6.92 Å². The van der Waals surface area contributed by atoms with Crippen molar-refractivity contribution in [1.82, 2.24) is 0 Å². The highest BCUT2D eigenvalue weighted by atomic mass is 16.5. The number of allylic oxidation sites excluding steroid dienone is 1. The molecule has 8 heavy (non-hydrogen) atoms. The Labute approximate surface area is 47.6 Å². The lowest BCUT2D eigenvalue weighted by molar-refractivity contribution is -0.140. The Kier molecular flexibility index (Phi) is 3.66. The van der Waals surface area contributed by atoms with E-state index in [4.69, 9.17) is 5.11 Å². The molecule has 1 N–H and O–H groups in total. The Balaban J connectivity index is 3.05. The molecule has 0 aromatic rings. The number of carboxylic acid groups (broad SMARTS) is 1. The van der Waals surface area contributed by atoms with Gasteiger partial charge in [0.05, 0.1) is 6.26 Å². The molecule has 0 rings (SSSR count). The van der Waals surface area contributed by atoms with E-state index in [-0.39, 0.29) is 6.61 Å². The van der Waals surface area contributed by atoms with Crippen LogP contribution in [0.5, 0.6) is 0 Å². The van der Waals surface area contributed by atoms with Crippen molar-refractivity contribution < 1.29 is 14.6 Å². The van der Waals surface area contributed by atoms with Crippen LogP contribution in [-0.4, -0.2) is 17.7 Å². The van der Waals surface area contributed by atoms with Crippen LogP contribution < -0.4 is 0 Å². The van der Waals surface area contributed by atoms with Gasteiger partial charge in [0.1, 0.15) is 0 Å². The minimum Gasteiger partial charge on any atom is -0.490 e. The van der Waals surface area contributed by atoms with Gasteiger partial charge in [-0.25, -0.2) is 4.79 Å². The normalized spacial score (nSPS) is 9.62. The SMILES string of the molecule is CC=COCC(=O)O. The molecule has 0 aromatic carbocycles. The average molecular weight is 116 g/mol. The predicted molar refractivity (Wildman–Crippen MR) is 28.4 cm³/mol. The summed E-state index contributed by atoms with van der Waals surface area (Å²) in [7, 11) is 0. The number of hydrogen-bond acceptors (Lipinski definition) is 2. The number of aliphatic carboxylic acids is 1. The summed E-state index contributed by atoms with van der Waals surface area (Å²) in [5, 5.41) is 7.98. The highest BCUT2D eigenvalue weighted by Crippen LogP contribution is 1.74. The lowest BCUT2D eigenvalue weighted by Gasteiger charge is -1.90. The summed E-state index contributed by atoms with van der Waals surface area (Å²) < 4.78 is 4.46. The van der Waals surface area contributed by atoms with Gasteiger partial charge in [-0.1, -0.05) is 6.08 Å². The molecule has 0 bridgehead atoms. The maximum absolute atomic E-state index is 9.72. The van der Waals surface area contributed by atoms with E-state index in [1.165, 1.54) is 6.26 Å². The fourth-order valence-corrected chi connectivity index (χ4v) is 0.216. The number of ether oxygens (including phenoxy) is 1. The molecule has 0 spiro atoms. The summed E-state index contributed by atoms with van der Waals surface area (Å²) in [5.74, 6) is -0.955. The van der Waals surface area contributed by atoms with Crippen molar-refractivity contribution in [2.24, 2.45) is 0 Å². The van der Waals surface area contributed by atoms with Crippen LogP contribution in [0.4, 0.5) is 0 Å². The zero-order valence-corrected chi connectivity index (χ0v) is 4.63. The van der Waals surface area contributed by atoms with Crippen LogP contribution in [0.1, 0.15) is 6.92 Å². The Morgan fingerprint density at radius 3 is 2.88 bits per heavy atom. The zero-order valence-electron chi connectivity index (χ0n) is 4.63. The van der Waals surface area contributed by atoms with Gasteiger partial charge in [0.2, 0.25) is 0 Å². The molecule has 3 nitrogen and oxygen atoms in total. The van der Waals surface area contributed by atoms with E-state index >= 15 is 0 Å². The van der Waals surface area contributed by atoms with Crippen molar-refractivity contribution in [3.8, 4) is 0 Å². The molecule has 0 aliphatic carbocycles. The molecular weight excluding hydrogens is 108 g/mol. The summed E-state index contributed by atoms with van der Waals surface area (Å²) >= 11 is 0. The monoisotopic (exact) mass is 116 g/mol. The van der Waals surface area contributed by atoms with Gasteiger partial charge in [-0.2, -0.15) is 0 Å². The van der Waals surface area contributed by atoms with Crippen molar-refractivity contribution in [2.45, 2.75) is 6.92 Å². The van der Waals surface area contributed by atoms with Crippen molar-refractivity contribution in [2.75, 3.05) is 6.61 Å². The fraction of sp³-hybridized carbons (Fsp3) is 0.400. The first-order chi connectivity index (χ1) is 3.77. The lowest BCUT2D eigenvalue weighted by Crippen LogP contribution is -2.02. The number of hydrogen-bond donors (Lipinski definition) is 1. The molecule has 0 fully saturated rings. The highest BCUT2D eigenvalue weighted by molar-refractivity contribution is 5.68. The predicted octanol–water partition coefficient (Wildman–Crippen LogP) is 0.621. The molecule has 46 valence electrons. The summed E-state index contributed by atoms with van der Waals surface area (Å²) in [4.78, 5) is 9.72. The Bertz CT molecular complexity index is 95.8. The molecule has 0 heterocycles. The third-order valence-electron chi connectivity index (χ3n) is 0.439. The second-order valence-corrected chi connectivity index (χ2v) is 1.17. The second kappa shape index (κ2) is 4.18. The third kappa shape index (κ3) is 5.01. The van der Waals surface area contributed by atoms with Crippen molar-refractivity contribution in [1.29, 1.82) is 0 Å². The number of rotatable bonds is 3. The van der Waals surface area contributed by atoms with E-state index < -0.39 is 5.97 Å². The van der Waals surface area contributed by atoms with Crippen LogP contribution in [0.3, 0.4) is 0 Å². The maximum Gasteiger partial charge on any atom is 0.341 e. The van der Waals surface area contributed by atoms with Crippen LogP contribution in [0.15, 0.2) is 12.3 Å². The van der Waals surface area contributed by atoms with E-state index in [9.17, 15) is 4.79 Å². The average Bonchev–Trinajstić information content (AvgIpc) is 1.66. The Morgan fingerprint density at radius 1 is 1.88 bits per heavy atom. The molecule has 0 saturated heterocycles. The van der Waals surface area contributed by atoms with Crippen molar-refractivity contribution in [3.63, 3.8) is 0 Å². The third-order valence-corrected chi connectivity index (χ3v) is 0.439. The van der Waals surface area contributed by atoms with E-state index in [1.807, 2.05) is 0 Å². The van der Waals surface area contributed by atoms with Gasteiger partial charge in [-0.3, -0.25) is 0 Å². The quantitative estimate of drug-likeness (QED) is 0.550. The molecule has 0 saturated carbocycles. The Hall–Kier alpha value is -0.990. The summed E-state index contributed by atoms with van der Waals surface area (Å²) in [5.41, 5.74) is 0. The van der Waals surface area contributed by atoms with Gasteiger partial charge < -0.3 is 9.84 Å². The van der Waals surface area contributed by atoms with Crippen molar-refractivity contribution >= 4 is 5.97 Å². The highest BCUT2D eigenvalue weighted by Gasteiger charge is 1.89. The second-order valence-electron chi connectivity index (χ2n) is 1.17. The van der Waals surface area contributed by atoms with Crippen LogP contribution >= 0.6 is 0 Å². The van der Waals surface area contributed by atoms with Crippen molar-refractivity contribution in [3.05, 3.63) is 12.3 Å². The molecule has 0 aromatic heterocycles. The fourth-order valence-electron chi connectivity index (χ4n) is 0.216. The lowest BCUT2D eigenvalue weighted by atomic mass is 10.7. The number of carbonyl (C=O) groups is 1. The smallest absolute Gasteiger partial charge is 0.341 e. The van der Waals surface area contributed by atoms with E-state index in [0.29, 0.717) is 0 Å². The summed E-state index contributed by atoms with van der Waals surface area (Å²) in [6.07, 6.45) is 2.97. The molecule has 0 radical (unpaired) electrons. The van der Waals surface area contributed by atoms with Gasteiger partial charge in [0.15, 0.2) is 6.61 Å². The van der Waals surface area contributed by atoms with Crippen LogP contribution in [0.2, 0.25) is 0 Å². The van der Waals surface area contributed by atoms with Gasteiger partial charge in [-0.15, -0.1) is 0 Å². The van der Waals surface area contributed by atoms with Gasteiger partial charge in [0, 0.05) is 0 Å². The molecule has 0 unspecified atom stereocenters. The molecule has 3 heteroatoms. The summed E-state index contributed by atoms with van der Waals surface area (Å²) in [6.45, 7) is 1.49. The van der Waals surface area contributed by atoms with Gasteiger partial charge >= 0.3 is 5.97 Å². The minimum absolute atomic E-state index is 0.260. The van der Waals surface area contributed by atoms with E-state index in [0.717, 1.165) is 0 Å². The van der Waals surface area contributed by atoms with Crippen LogP contribution in [-0.2, 0) is 9.53 Å². The van der Waals surface area contributed by atoms with E-state index in [2.05, 4.69) is 4.74 Å². The summed E-state index contributed by atoms with van der Waals surface area (Å²) in [6, 6.07) is 0. The van der Waals surface area contributed by atoms with Crippen LogP contribution in [0, 0.1) is 0 Å². The first kappa shape index (κ1) is 7.01. The van der Waals surface area contributed by atoms with Gasteiger partial charge in [0.25, 0.3) is 0 Å². The molecular formula is C5H8O3. The number of carboxylic acids is 1.